The monoisotopic (exact) mass is 331 g/mol. The Kier molecular flexibility index (Phi) is 4.28. The Balaban J connectivity index is 2.03. The predicted molar refractivity (Wildman–Crippen MR) is 90.5 cm³/mol. The fraction of sp³-hybridized carbons (Fsp3) is 0.471. The van der Waals surface area contributed by atoms with Crippen molar-refractivity contribution in [3.8, 4) is 0 Å². The van der Waals surface area contributed by atoms with Gasteiger partial charge in [-0.25, -0.2) is 4.79 Å². The van der Waals surface area contributed by atoms with Gasteiger partial charge in [0.05, 0.1) is 23.6 Å². The van der Waals surface area contributed by atoms with Crippen molar-refractivity contribution in [1.29, 1.82) is 0 Å². The van der Waals surface area contributed by atoms with E-state index >= 15 is 0 Å². The molecule has 1 aliphatic heterocycles. The number of hydrogen-bond acceptors (Lipinski definition) is 4. The first-order valence-electron chi connectivity index (χ1n) is 8.08. The van der Waals surface area contributed by atoms with E-state index in [1.165, 1.54) is 4.57 Å². The van der Waals surface area contributed by atoms with Gasteiger partial charge in [0.1, 0.15) is 0 Å². The number of amides is 1. The quantitative estimate of drug-likeness (QED) is 0.894. The van der Waals surface area contributed by atoms with Gasteiger partial charge in [-0.2, -0.15) is 0 Å². The Labute approximate surface area is 138 Å². The molecule has 0 unspecified atom stereocenters. The van der Waals surface area contributed by atoms with Crippen LogP contribution in [0.2, 0.25) is 0 Å². The average Bonchev–Trinajstić information content (AvgIpc) is 2.53. The highest BCUT2D eigenvalue weighted by Crippen LogP contribution is 2.14. The van der Waals surface area contributed by atoms with Crippen molar-refractivity contribution in [1.82, 2.24) is 14.5 Å². The lowest BCUT2D eigenvalue weighted by Crippen LogP contribution is -2.44. The van der Waals surface area contributed by atoms with E-state index in [4.69, 9.17) is 4.74 Å². The predicted octanol–water partition coefficient (Wildman–Crippen LogP) is 1.13. The zero-order valence-electron chi connectivity index (χ0n) is 14.0. The molecule has 0 radical (unpaired) electrons. The number of ether oxygens (including phenoxy) is 1. The zero-order valence-corrected chi connectivity index (χ0v) is 14.0. The van der Waals surface area contributed by atoms with Gasteiger partial charge in [-0.1, -0.05) is 0 Å². The number of fused-ring (bicyclic) bond motifs is 1. The summed E-state index contributed by atoms with van der Waals surface area (Å²) in [5.74, 6) is -0.124. The number of hydrogen-bond donors (Lipinski definition) is 1. The number of nitrogens with one attached hydrogen (secondary N) is 1. The number of nitrogens with zero attached hydrogens (tertiary/aromatic N) is 2. The van der Waals surface area contributed by atoms with Crippen LogP contribution in [0.5, 0.6) is 0 Å². The Hall–Kier alpha value is -2.41. The Morgan fingerprint density at radius 1 is 1.33 bits per heavy atom. The van der Waals surface area contributed by atoms with E-state index < -0.39 is 5.69 Å². The number of carbonyl (C=O) groups is 1. The molecule has 1 fully saturated rings. The maximum absolute atomic E-state index is 12.6. The summed E-state index contributed by atoms with van der Waals surface area (Å²) in [6, 6.07) is 4.58. The van der Waals surface area contributed by atoms with Crippen LogP contribution in [-0.2, 0) is 4.74 Å². The van der Waals surface area contributed by atoms with Crippen LogP contribution in [0.1, 0.15) is 37.2 Å². The van der Waals surface area contributed by atoms with Crippen LogP contribution < -0.4 is 11.2 Å². The molecule has 1 amide bonds. The molecule has 2 heterocycles. The Morgan fingerprint density at radius 2 is 2.08 bits per heavy atom. The van der Waals surface area contributed by atoms with Crippen molar-refractivity contribution in [3.63, 3.8) is 0 Å². The molecule has 1 aliphatic rings. The second-order valence-electron chi connectivity index (χ2n) is 6.39. The molecule has 1 aromatic heterocycles. The molecule has 1 saturated heterocycles. The molecular weight excluding hydrogens is 310 g/mol. The van der Waals surface area contributed by atoms with E-state index in [0.717, 1.165) is 0 Å². The van der Waals surface area contributed by atoms with Crippen LogP contribution in [0.15, 0.2) is 27.8 Å². The molecule has 0 aliphatic carbocycles. The van der Waals surface area contributed by atoms with E-state index in [0.29, 0.717) is 36.2 Å². The van der Waals surface area contributed by atoms with E-state index in [2.05, 4.69) is 4.98 Å². The molecule has 1 N–H and O–H groups in total. The molecular formula is C17H21N3O4. The lowest BCUT2D eigenvalue weighted by Gasteiger charge is -2.31. The summed E-state index contributed by atoms with van der Waals surface area (Å²) in [7, 11) is 0. The second kappa shape index (κ2) is 6.24. The molecule has 3 rings (SSSR count). The highest BCUT2D eigenvalue weighted by atomic mass is 16.5. The minimum atomic E-state index is -0.466. The van der Waals surface area contributed by atoms with Crippen LogP contribution in [-0.4, -0.2) is 46.2 Å². The summed E-state index contributed by atoms with van der Waals surface area (Å²) in [4.78, 5) is 41.6. The second-order valence-corrected chi connectivity index (χ2v) is 6.39. The molecule has 7 heteroatoms. The maximum atomic E-state index is 12.6. The minimum absolute atomic E-state index is 0.00112. The van der Waals surface area contributed by atoms with Gasteiger partial charge in [0.15, 0.2) is 0 Å². The van der Waals surface area contributed by atoms with Gasteiger partial charge in [-0.05, 0) is 39.0 Å². The minimum Gasteiger partial charge on any atom is -0.375 e. The number of morpholine rings is 1. The summed E-state index contributed by atoms with van der Waals surface area (Å²) < 4.78 is 6.62. The topological polar surface area (TPSA) is 84.4 Å². The van der Waals surface area contributed by atoms with E-state index in [9.17, 15) is 14.4 Å². The third kappa shape index (κ3) is 2.87. The van der Waals surface area contributed by atoms with Gasteiger partial charge >= 0.3 is 5.69 Å². The van der Waals surface area contributed by atoms with Crippen molar-refractivity contribution in [2.75, 3.05) is 19.7 Å². The molecule has 128 valence electrons. The van der Waals surface area contributed by atoms with Gasteiger partial charge in [0, 0.05) is 24.7 Å². The SMILES string of the molecule is CC(C)n1c(=O)[nH]c2cc(C(=O)N3CCO[C@H](C)C3)ccc2c1=O. The van der Waals surface area contributed by atoms with E-state index in [-0.39, 0.29) is 23.6 Å². The van der Waals surface area contributed by atoms with Crippen molar-refractivity contribution in [3.05, 3.63) is 44.6 Å². The first-order chi connectivity index (χ1) is 11.4. The molecule has 2 aromatic rings. The first-order valence-corrected chi connectivity index (χ1v) is 8.08. The van der Waals surface area contributed by atoms with Crippen LogP contribution in [0, 0.1) is 0 Å². The van der Waals surface area contributed by atoms with Gasteiger partial charge in [-0.15, -0.1) is 0 Å². The molecule has 24 heavy (non-hydrogen) atoms. The largest absolute Gasteiger partial charge is 0.375 e. The molecule has 1 aromatic carbocycles. The summed E-state index contributed by atoms with van der Waals surface area (Å²) >= 11 is 0. The fourth-order valence-electron chi connectivity index (χ4n) is 3.02. The number of aromatic nitrogens is 2. The average molecular weight is 331 g/mol. The first kappa shape index (κ1) is 16.4. The standard InChI is InChI=1S/C17H21N3O4/c1-10(2)20-16(22)13-5-4-12(8-14(13)18-17(20)23)15(21)19-6-7-24-11(3)9-19/h4-5,8,10-11H,6-7,9H2,1-3H3,(H,18,23)/t11-/m1/s1. The van der Waals surface area contributed by atoms with Gasteiger partial charge in [0.25, 0.3) is 11.5 Å². The fourth-order valence-corrected chi connectivity index (χ4v) is 3.02. The molecule has 0 bridgehead atoms. The third-order valence-electron chi connectivity index (χ3n) is 4.22. The lowest BCUT2D eigenvalue weighted by molar-refractivity contribution is -0.0124. The van der Waals surface area contributed by atoms with Crippen molar-refractivity contribution < 1.29 is 9.53 Å². The smallest absolute Gasteiger partial charge is 0.329 e. The summed E-state index contributed by atoms with van der Waals surface area (Å²) in [6.45, 7) is 7.05. The Morgan fingerprint density at radius 3 is 2.75 bits per heavy atom. The lowest BCUT2D eigenvalue weighted by atomic mass is 10.1. The zero-order chi connectivity index (χ0) is 17.4. The Bertz CT molecular complexity index is 897. The number of H-pyrrole nitrogens is 1. The third-order valence-corrected chi connectivity index (χ3v) is 4.22. The number of aromatic amines is 1. The van der Waals surface area contributed by atoms with E-state index in [1.54, 1.807) is 36.9 Å². The number of benzene rings is 1. The summed E-state index contributed by atoms with van der Waals surface area (Å²) in [5.41, 5.74) is 0.0258. The molecule has 7 nitrogen and oxygen atoms in total. The van der Waals surface area contributed by atoms with Gasteiger partial charge < -0.3 is 14.6 Å². The summed E-state index contributed by atoms with van der Waals surface area (Å²) in [6.07, 6.45) is 0.00112. The molecule has 0 saturated carbocycles. The number of rotatable bonds is 2. The van der Waals surface area contributed by atoms with Crippen LogP contribution in [0.3, 0.4) is 0 Å². The highest BCUT2D eigenvalue weighted by molar-refractivity contribution is 5.97. The molecule has 0 spiro atoms. The summed E-state index contributed by atoms with van der Waals surface area (Å²) in [5, 5.41) is 0.398. The van der Waals surface area contributed by atoms with Crippen molar-refractivity contribution in [2.45, 2.75) is 32.9 Å². The van der Waals surface area contributed by atoms with E-state index in [1.807, 2.05) is 6.92 Å². The van der Waals surface area contributed by atoms with Gasteiger partial charge in [0.2, 0.25) is 0 Å². The molecule has 1 atom stereocenters. The number of carbonyl (C=O) groups excluding carboxylic acids is 1. The van der Waals surface area contributed by atoms with Gasteiger partial charge in [-0.3, -0.25) is 14.2 Å². The van der Waals surface area contributed by atoms with Crippen LogP contribution >= 0.6 is 0 Å². The normalized spacial score (nSPS) is 18.3. The highest BCUT2D eigenvalue weighted by Gasteiger charge is 2.23. The van der Waals surface area contributed by atoms with Crippen molar-refractivity contribution >= 4 is 16.8 Å². The van der Waals surface area contributed by atoms with Crippen molar-refractivity contribution in [2.24, 2.45) is 0 Å². The van der Waals surface area contributed by atoms with Crippen LogP contribution in [0.4, 0.5) is 0 Å². The van der Waals surface area contributed by atoms with Crippen LogP contribution in [0.25, 0.3) is 10.9 Å². The maximum Gasteiger partial charge on any atom is 0.329 e.